The lowest BCUT2D eigenvalue weighted by molar-refractivity contribution is 0.251. The zero-order valence-electron chi connectivity index (χ0n) is 10.2. The van der Waals surface area contributed by atoms with Crippen molar-refractivity contribution in [1.82, 2.24) is 15.0 Å². The first-order valence-electron chi connectivity index (χ1n) is 5.77. The number of nitrogens with one attached hydrogen (secondary N) is 2. The molecule has 100 valence electrons. The Kier molecular flexibility index (Phi) is 4.15. The van der Waals surface area contributed by atoms with Gasteiger partial charge in [-0.25, -0.2) is 0 Å². The van der Waals surface area contributed by atoms with E-state index in [4.69, 9.17) is 0 Å². The van der Waals surface area contributed by atoms with Crippen LogP contribution in [-0.2, 0) is 0 Å². The Morgan fingerprint density at radius 3 is 2.39 bits per heavy atom. The quantitative estimate of drug-likeness (QED) is 0.778. The number of anilines is 2. The molecule has 0 aliphatic heterocycles. The lowest BCUT2D eigenvalue weighted by Crippen LogP contribution is -2.15. The number of rotatable bonds is 6. The molecular weight excluding hydrogens is 260 g/mol. The monoisotopic (exact) mass is 275 g/mol. The maximum absolute atomic E-state index is 12.3. The van der Waals surface area contributed by atoms with Gasteiger partial charge in [-0.1, -0.05) is 0 Å². The normalized spacial score (nSPS) is 15.2. The minimum absolute atomic E-state index is 0.0336. The molecule has 0 spiro atoms. The average molecular weight is 275 g/mol. The van der Waals surface area contributed by atoms with Gasteiger partial charge in [-0.05, 0) is 38.5 Å². The van der Waals surface area contributed by atoms with Gasteiger partial charge in [0.1, 0.15) is 0 Å². The van der Waals surface area contributed by atoms with Crippen LogP contribution in [0.4, 0.5) is 20.7 Å². The third kappa shape index (κ3) is 4.25. The third-order valence-electron chi connectivity index (χ3n) is 2.14. The molecule has 0 unspecified atom stereocenters. The van der Waals surface area contributed by atoms with Crippen molar-refractivity contribution in [2.45, 2.75) is 49.7 Å². The zero-order chi connectivity index (χ0) is 13.1. The molecule has 1 aromatic heterocycles. The minimum Gasteiger partial charge on any atom is -0.352 e. The Morgan fingerprint density at radius 2 is 1.83 bits per heavy atom. The SMILES string of the molecule is CC(C)Nc1nc(NC2CC2)nc(SC(F)F)n1. The summed E-state index contributed by atoms with van der Waals surface area (Å²) in [6, 6.07) is 0.495. The van der Waals surface area contributed by atoms with Crippen LogP contribution in [0.5, 0.6) is 0 Å². The molecule has 1 heterocycles. The average Bonchev–Trinajstić information content (AvgIpc) is 2.98. The first kappa shape index (κ1) is 13.3. The Morgan fingerprint density at radius 1 is 1.17 bits per heavy atom. The Labute approximate surface area is 108 Å². The summed E-state index contributed by atoms with van der Waals surface area (Å²) in [4.78, 5) is 12.1. The van der Waals surface area contributed by atoms with Gasteiger partial charge >= 0.3 is 0 Å². The van der Waals surface area contributed by atoms with Gasteiger partial charge in [0.15, 0.2) is 5.16 Å². The molecule has 0 atom stereocenters. The number of alkyl halides is 2. The van der Waals surface area contributed by atoms with E-state index in [0.29, 0.717) is 29.7 Å². The van der Waals surface area contributed by atoms with Crippen molar-refractivity contribution in [2.75, 3.05) is 10.6 Å². The van der Waals surface area contributed by atoms with E-state index >= 15 is 0 Å². The van der Waals surface area contributed by atoms with Crippen LogP contribution in [-0.4, -0.2) is 32.8 Å². The summed E-state index contributed by atoms with van der Waals surface area (Å²) in [5, 5.41) is 6.11. The van der Waals surface area contributed by atoms with Gasteiger partial charge in [-0.15, -0.1) is 0 Å². The van der Waals surface area contributed by atoms with E-state index in [0.717, 1.165) is 12.8 Å². The van der Waals surface area contributed by atoms with E-state index < -0.39 is 5.76 Å². The molecule has 2 N–H and O–H groups in total. The number of thioether (sulfide) groups is 1. The topological polar surface area (TPSA) is 62.7 Å². The Hall–Kier alpha value is -1.18. The molecule has 1 saturated carbocycles. The van der Waals surface area contributed by atoms with E-state index in [1.54, 1.807) is 0 Å². The summed E-state index contributed by atoms with van der Waals surface area (Å²) < 4.78 is 24.7. The molecule has 1 aromatic rings. The highest BCUT2D eigenvalue weighted by molar-refractivity contribution is 7.99. The van der Waals surface area contributed by atoms with Crippen molar-refractivity contribution in [3.8, 4) is 0 Å². The van der Waals surface area contributed by atoms with Crippen LogP contribution < -0.4 is 10.6 Å². The van der Waals surface area contributed by atoms with E-state index in [9.17, 15) is 8.78 Å². The van der Waals surface area contributed by atoms with Crippen molar-refractivity contribution in [3.05, 3.63) is 0 Å². The number of hydrogen-bond acceptors (Lipinski definition) is 6. The van der Waals surface area contributed by atoms with Crippen LogP contribution in [0.25, 0.3) is 0 Å². The second-order valence-electron chi connectivity index (χ2n) is 4.36. The van der Waals surface area contributed by atoms with Crippen molar-refractivity contribution < 1.29 is 8.78 Å². The van der Waals surface area contributed by atoms with Gasteiger partial charge in [-0.2, -0.15) is 23.7 Å². The van der Waals surface area contributed by atoms with Crippen molar-refractivity contribution in [2.24, 2.45) is 0 Å². The second-order valence-corrected chi connectivity index (χ2v) is 5.32. The zero-order valence-corrected chi connectivity index (χ0v) is 11.0. The fourth-order valence-electron chi connectivity index (χ4n) is 1.29. The predicted octanol–water partition coefficient (Wildman–Crippen LogP) is 2.58. The van der Waals surface area contributed by atoms with Gasteiger partial charge < -0.3 is 10.6 Å². The van der Waals surface area contributed by atoms with E-state index in [1.165, 1.54) is 0 Å². The van der Waals surface area contributed by atoms with Crippen LogP contribution >= 0.6 is 11.8 Å². The van der Waals surface area contributed by atoms with E-state index in [-0.39, 0.29) is 11.2 Å². The molecule has 0 saturated heterocycles. The third-order valence-corrected chi connectivity index (χ3v) is 2.71. The fraction of sp³-hybridized carbons (Fsp3) is 0.700. The van der Waals surface area contributed by atoms with Crippen molar-refractivity contribution >= 4 is 23.7 Å². The maximum Gasteiger partial charge on any atom is 0.291 e. The molecule has 1 aliphatic rings. The molecule has 0 radical (unpaired) electrons. The molecular formula is C10H15F2N5S. The first-order valence-corrected chi connectivity index (χ1v) is 6.65. The van der Waals surface area contributed by atoms with Gasteiger partial charge in [-0.3, -0.25) is 0 Å². The molecule has 0 aromatic carbocycles. The Bertz CT molecular complexity index is 350. The smallest absolute Gasteiger partial charge is 0.291 e. The Balaban J connectivity index is 2.16. The number of aromatic nitrogens is 3. The molecule has 0 bridgehead atoms. The molecule has 1 fully saturated rings. The molecule has 1 aliphatic carbocycles. The predicted molar refractivity (Wildman–Crippen MR) is 67.1 cm³/mol. The summed E-state index contributed by atoms with van der Waals surface area (Å²) >= 11 is 0.326. The highest BCUT2D eigenvalue weighted by atomic mass is 32.2. The van der Waals surface area contributed by atoms with Crippen LogP contribution in [0.3, 0.4) is 0 Å². The second kappa shape index (κ2) is 5.64. The lowest BCUT2D eigenvalue weighted by Gasteiger charge is -2.11. The van der Waals surface area contributed by atoms with E-state index in [1.807, 2.05) is 13.8 Å². The number of nitrogens with zero attached hydrogens (tertiary/aromatic N) is 3. The summed E-state index contributed by atoms with van der Waals surface area (Å²) in [6.07, 6.45) is 2.13. The largest absolute Gasteiger partial charge is 0.352 e. The van der Waals surface area contributed by atoms with Gasteiger partial charge in [0.25, 0.3) is 5.76 Å². The summed E-state index contributed by atoms with van der Waals surface area (Å²) in [7, 11) is 0. The number of hydrogen-bond donors (Lipinski definition) is 2. The summed E-state index contributed by atoms with van der Waals surface area (Å²) in [5.41, 5.74) is 0. The van der Waals surface area contributed by atoms with E-state index in [2.05, 4.69) is 25.6 Å². The van der Waals surface area contributed by atoms with Crippen molar-refractivity contribution in [1.29, 1.82) is 0 Å². The molecule has 18 heavy (non-hydrogen) atoms. The van der Waals surface area contributed by atoms with Crippen LogP contribution in [0.2, 0.25) is 0 Å². The van der Waals surface area contributed by atoms with Gasteiger partial charge in [0, 0.05) is 12.1 Å². The molecule has 5 nitrogen and oxygen atoms in total. The molecule has 8 heteroatoms. The fourth-order valence-corrected chi connectivity index (χ4v) is 1.72. The minimum atomic E-state index is -2.53. The summed E-state index contributed by atoms with van der Waals surface area (Å²) in [5.74, 6) is -1.85. The first-order chi connectivity index (χ1) is 8.52. The van der Waals surface area contributed by atoms with Crippen molar-refractivity contribution in [3.63, 3.8) is 0 Å². The highest BCUT2D eigenvalue weighted by Gasteiger charge is 2.23. The van der Waals surface area contributed by atoms with Gasteiger partial charge in [0.2, 0.25) is 11.9 Å². The van der Waals surface area contributed by atoms with Crippen LogP contribution in [0.1, 0.15) is 26.7 Å². The highest BCUT2D eigenvalue weighted by Crippen LogP contribution is 2.26. The molecule has 2 rings (SSSR count). The molecule has 0 amide bonds. The van der Waals surface area contributed by atoms with Crippen LogP contribution in [0.15, 0.2) is 5.16 Å². The van der Waals surface area contributed by atoms with Gasteiger partial charge in [0.05, 0.1) is 0 Å². The lowest BCUT2D eigenvalue weighted by atomic mass is 10.4. The number of halogens is 2. The standard InChI is InChI=1S/C10H15F2N5S/c1-5(2)13-8-15-9(14-6-3-4-6)17-10(16-8)18-7(11)12/h5-7H,3-4H2,1-2H3,(H2,13,14,15,16,17). The summed E-state index contributed by atoms with van der Waals surface area (Å²) in [6.45, 7) is 3.86. The maximum atomic E-state index is 12.3. The van der Waals surface area contributed by atoms with Crippen LogP contribution in [0, 0.1) is 0 Å².